The minimum atomic E-state index is 0.479. The van der Waals surface area contributed by atoms with Crippen LogP contribution in [0.1, 0.15) is 38.4 Å². The topological polar surface area (TPSA) is 76.3 Å². The molecule has 6 nitrogen and oxygen atoms in total. The van der Waals surface area contributed by atoms with Crippen molar-refractivity contribution >= 4 is 11.5 Å². The Labute approximate surface area is 120 Å². The van der Waals surface area contributed by atoms with Crippen molar-refractivity contribution in [3.05, 3.63) is 5.82 Å². The van der Waals surface area contributed by atoms with Crippen LogP contribution < -0.4 is 15.8 Å². The molecule has 20 heavy (non-hydrogen) atoms. The van der Waals surface area contributed by atoms with Gasteiger partial charge in [0.1, 0.15) is 11.5 Å². The summed E-state index contributed by atoms with van der Waals surface area (Å²) in [7, 11) is 1.59. The minimum absolute atomic E-state index is 0.479. The summed E-state index contributed by atoms with van der Waals surface area (Å²) >= 11 is 0. The van der Waals surface area contributed by atoms with Crippen molar-refractivity contribution < 1.29 is 4.74 Å². The zero-order valence-electron chi connectivity index (χ0n) is 12.6. The quantitative estimate of drug-likeness (QED) is 0.754. The molecule has 1 aromatic rings. The van der Waals surface area contributed by atoms with Gasteiger partial charge in [0.05, 0.1) is 7.11 Å². The molecular formula is C14H25N5O. The second-order valence-corrected chi connectivity index (χ2v) is 5.08. The molecule has 2 rings (SSSR count). The van der Waals surface area contributed by atoms with E-state index in [-0.39, 0.29) is 0 Å². The van der Waals surface area contributed by atoms with Crippen molar-refractivity contribution in [2.75, 3.05) is 44.3 Å². The molecule has 0 radical (unpaired) electrons. The van der Waals surface area contributed by atoms with E-state index in [1.54, 1.807) is 7.11 Å². The zero-order valence-corrected chi connectivity index (χ0v) is 12.6. The van der Waals surface area contributed by atoms with Crippen LogP contribution in [-0.4, -0.2) is 48.2 Å². The first-order valence-electron chi connectivity index (χ1n) is 7.37. The van der Waals surface area contributed by atoms with E-state index in [9.17, 15) is 0 Å². The lowest BCUT2D eigenvalue weighted by molar-refractivity contribution is 0.316. The Morgan fingerprint density at radius 1 is 1.30 bits per heavy atom. The van der Waals surface area contributed by atoms with Gasteiger partial charge in [-0.3, -0.25) is 0 Å². The Balaban J connectivity index is 2.04. The third kappa shape index (κ3) is 3.50. The summed E-state index contributed by atoms with van der Waals surface area (Å²) in [6.45, 7) is 8.21. The third-order valence-electron chi connectivity index (χ3n) is 3.68. The maximum Gasteiger partial charge on any atom is 0.242 e. The average molecular weight is 279 g/mol. The molecule has 1 aliphatic rings. The van der Waals surface area contributed by atoms with E-state index in [4.69, 9.17) is 10.5 Å². The monoisotopic (exact) mass is 279 g/mol. The van der Waals surface area contributed by atoms with Crippen molar-refractivity contribution in [3.63, 3.8) is 0 Å². The van der Waals surface area contributed by atoms with Gasteiger partial charge in [0.15, 0.2) is 5.82 Å². The van der Waals surface area contributed by atoms with Gasteiger partial charge in [-0.1, -0.05) is 13.8 Å². The zero-order chi connectivity index (χ0) is 14.5. The number of nitrogens with two attached hydrogens (primary N) is 1. The Bertz CT molecular complexity index is 443. The number of anilines is 2. The van der Waals surface area contributed by atoms with Gasteiger partial charge in [0, 0.05) is 19.0 Å². The van der Waals surface area contributed by atoms with Gasteiger partial charge in [-0.25, -0.2) is 4.98 Å². The van der Waals surface area contributed by atoms with Crippen molar-refractivity contribution in [1.82, 2.24) is 14.9 Å². The third-order valence-corrected chi connectivity index (χ3v) is 3.68. The highest BCUT2D eigenvalue weighted by Gasteiger charge is 2.28. The van der Waals surface area contributed by atoms with Gasteiger partial charge in [-0.05, 0) is 25.9 Å². The lowest BCUT2D eigenvalue weighted by Crippen LogP contribution is -2.29. The van der Waals surface area contributed by atoms with E-state index < -0.39 is 0 Å². The van der Waals surface area contributed by atoms with Gasteiger partial charge >= 0.3 is 0 Å². The number of hydrogen-bond acceptors (Lipinski definition) is 6. The highest BCUT2D eigenvalue weighted by molar-refractivity contribution is 5.67. The van der Waals surface area contributed by atoms with Crippen LogP contribution in [0.3, 0.4) is 0 Å². The Morgan fingerprint density at radius 2 is 2.00 bits per heavy atom. The predicted molar refractivity (Wildman–Crippen MR) is 81.2 cm³/mol. The molecule has 0 saturated heterocycles. The molecule has 1 heterocycles. The fourth-order valence-electron chi connectivity index (χ4n) is 2.15. The predicted octanol–water partition coefficient (Wildman–Crippen LogP) is 1.70. The first kappa shape index (κ1) is 14.8. The standard InChI is InChI=1S/C14H25N5O/c1-4-19(5-2)9-8-16-13-11(15)14(20-3)18-12(17-13)10-6-7-10/h10H,4-9,15H2,1-3H3,(H,16,17,18). The molecule has 1 fully saturated rings. The fraction of sp³-hybridized carbons (Fsp3) is 0.714. The Hall–Kier alpha value is -1.56. The van der Waals surface area contributed by atoms with E-state index in [0.29, 0.717) is 23.3 Å². The van der Waals surface area contributed by atoms with Crippen LogP contribution in [0.4, 0.5) is 11.5 Å². The first-order chi connectivity index (χ1) is 9.69. The number of nitrogen functional groups attached to an aromatic ring is 1. The number of hydrogen-bond donors (Lipinski definition) is 2. The molecule has 0 aromatic carbocycles. The summed E-state index contributed by atoms with van der Waals surface area (Å²) in [4.78, 5) is 11.3. The molecule has 1 aliphatic carbocycles. The summed E-state index contributed by atoms with van der Waals surface area (Å²) < 4.78 is 5.25. The Kier molecular flexibility index (Phi) is 5.00. The molecular weight excluding hydrogens is 254 g/mol. The van der Waals surface area contributed by atoms with Crippen molar-refractivity contribution in [2.24, 2.45) is 0 Å². The largest absolute Gasteiger partial charge is 0.479 e. The van der Waals surface area contributed by atoms with Gasteiger partial charge < -0.3 is 20.7 Å². The molecule has 1 saturated carbocycles. The highest BCUT2D eigenvalue weighted by Crippen LogP contribution is 2.40. The van der Waals surface area contributed by atoms with Crippen LogP contribution in [0.2, 0.25) is 0 Å². The molecule has 0 unspecified atom stereocenters. The van der Waals surface area contributed by atoms with Gasteiger partial charge in [-0.15, -0.1) is 0 Å². The van der Waals surface area contributed by atoms with E-state index in [1.807, 2.05) is 0 Å². The number of ether oxygens (including phenoxy) is 1. The van der Waals surface area contributed by atoms with Crippen LogP contribution in [0.5, 0.6) is 5.88 Å². The number of nitrogens with one attached hydrogen (secondary N) is 1. The summed E-state index contributed by atoms with van der Waals surface area (Å²) in [5.41, 5.74) is 6.54. The normalized spacial score (nSPS) is 14.6. The fourth-order valence-corrected chi connectivity index (χ4v) is 2.15. The average Bonchev–Trinajstić information content (AvgIpc) is 3.30. The Morgan fingerprint density at radius 3 is 2.55 bits per heavy atom. The maximum atomic E-state index is 6.04. The molecule has 3 N–H and O–H groups in total. The smallest absolute Gasteiger partial charge is 0.242 e. The minimum Gasteiger partial charge on any atom is -0.479 e. The van der Waals surface area contributed by atoms with E-state index >= 15 is 0 Å². The second-order valence-electron chi connectivity index (χ2n) is 5.08. The molecule has 0 aliphatic heterocycles. The van der Waals surface area contributed by atoms with Gasteiger partial charge in [0.25, 0.3) is 0 Å². The van der Waals surface area contributed by atoms with Crippen LogP contribution >= 0.6 is 0 Å². The van der Waals surface area contributed by atoms with Crippen LogP contribution in [0.25, 0.3) is 0 Å². The number of nitrogens with zero attached hydrogens (tertiary/aromatic N) is 3. The lowest BCUT2D eigenvalue weighted by atomic mass is 10.3. The summed E-state index contributed by atoms with van der Waals surface area (Å²) in [6.07, 6.45) is 2.32. The lowest BCUT2D eigenvalue weighted by Gasteiger charge is -2.19. The number of rotatable bonds is 8. The molecule has 0 spiro atoms. The van der Waals surface area contributed by atoms with E-state index in [1.165, 1.54) is 0 Å². The highest BCUT2D eigenvalue weighted by atomic mass is 16.5. The molecule has 1 aromatic heterocycles. The summed E-state index contributed by atoms with van der Waals surface area (Å²) in [5.74, 6) is 2.51. The second kappa shape index (κ2) is 6.74. The van der Waals surface area contributed by atoms with E-state index in [0.717, 1.165) is 44.8 Å². The van der Waals surface area contributed by atoms with Gasteiger partial charge in [0.2, 0.25) is 5.88 Å². The van der Waals surface area contributed by atoms with Gasteiger partial charge in [-0.2, -0.15) is 4.98 Å². The molecule has 112 valence electrons. The summed E-state index contributed by atoms with van der Waals surface area (Å²) in [5, 5.41) is 3.31. The SMILES string of the molecule is CCN(CC)CCNc1nc(C2CC2)nc(OC)c1N. The van der Waals surface area contributed by atoms with Crippen LogP contribution in [-0.2, 0) is 0 Å². The van der Waals surface area contributed by atoms with Crippen LogP contribution in [0.15, 0.2) is 0 Å². The van der Waals surface area contributed by atoms with E-state index in [2.05, 4.69) is 34.0 Å². The molecule has 0 amide bonds. The molecule has 6 heteroatoms. The van der Waals surface area contributed by atoms with Crippen LogP contribution in [0, 0.1) is 0 Å². The number of likely N-dealkylation sites (N-methyl/N-ethyl adjacent to an activating group) is 1. The summed E-state index contributed by atoms with van der Waals surface area (Å²) in [6, 6.07) is 0. The van der Waals surface area contributed by atoms with Crippen molar-refractivity contribution in [1.29, 1.82) is 0 Å². The maximum absolute atomic E-state index is 6.04. The van der Waals surface area contributed by atoms with Crippen molar-refractivity contribution in [2.45, 2.75) is 32.6 Å². The first-order valence-corrected chi connectivity index (χ1v) is 7.37. The molecule has 0 bridgehead atoms. The number of aromatic nitrogens is 2. The molecule has 0 atom stereocenters. The van der Waals surface area contributed by atoms with Crippen molar-refractivity contribution in [3.8, 4) is 5.88 Å². The number of methoxy groups -OCH3 is 1.